The number of esters is 1. The van der Waals surface area contributed by atoms with E-state index in [-0.39, 0.29) is 24.3 Å². The average Bonchev–Trinajstić information content (AvgIpc) is 2.74. The fraction of sp³-hybridized carbons (Fsp3) is 0.696. The molecule has 1 aliphatic heterocycles. The van der Waals surface area contributed by atoms with Crippen molar-refractivity contribution in [3.8, 4) is 11.5 Å². The van der Waals surface area contributed by atoms with Crippen LogP contribution in [0.4, 0.5) is 0 Å². The van der Waals surface area contributed by atoms with Crippen LogP contribution in [0.15, 0.2) is 6.07 Å². The van der Waals surface area contributed by atoms with Gasteiger partial charge in [0, 0.05) is 29.5 Å². The van der Waals surface area contributed by atoms with Crippen molar-refractivity contribution in [3.63, 3.8) is 0 Å². The molecule has 1 aliphatic rings. The van der Waals surface area contributed by atoms with Gasteiger partial charge in [0.15, 0.2) is 0 Å². The molecule has 0 radical (unpaired) electrons. The molecule has 0 bridgehead atoms. The molecule has 1 heterocycles. The predicted molar refractivity (Wildman–Crippen MR) is 133 cm³/mol. The second-order valence-corrected chi connectivity index (χ2v) is 15.1. The van der Waals surface area contributed by atoms with Crippen LogP contribution in [0.1, 0.15) is 104 Å². The molecule has 2 rings (SSSR count). The van der Waals surface area contributed by atoms with E-state index in [9.17, 15) is 4.79 Å². The summed E-state index contributed by atoms with van der Waals surface area (Å²) in [6.45, 7) is 16.8. The van der Waals surface area contributed by atoms with Crippen molar-refractivity contribution in [1.82, 2.24) is 0 Å². The van der Waals surface area contributed by atoms with Crippen molar-refractivity contribution in [2.24, 2.45) is 0 Å². The monoisotopic (exact) mass is 612 g/mol. The lowest BCUT2D eigenvalue weighted by Gasteiger charge is -2.32. The fourth-order valence-corrected chi connectivity index (χ4v) is 5.65. The molecule has 0 aliphatic carbocycles. The van der Waals surface area contributed by atoms with Gasteiger partial charge in [0.25, 0.3) is 0 Å². The first-order chi connectivity index (χ1) is 12.7. The molecule has 28 heavy (non-hydrogen) atoms. The minimum absolute atomic E-state index is 0.164. The molecule has 5 heteroatoms. The largest absolute Gasteiger partial charge is 0.467 e. The first-order valence-electron chi connectivity index (χ1n) is 10.2. The Morgan fingerprint density at radius 3 is 2.21 bits per heavy atom. The molecular weight excluding hydrogens is 578 g/mol. The molecule has 158 valence electrons. The van der Waals surface area contributed by atoms with Crippen LogP contribution in [0.3, 0.4) is 0 Å². The minimum atomic E-state index is -0.324. The molecule has 0 fully saturated rings. The second-order valence-electron chi connectivity index (χ2n) is 9.85. The summed E-state index contributed by atoms with van der Waals surface area (Å²) < 4.78 is 12.1. The number of rotatable bonds is 5. The molecule has 1 atom stereocenters. The molecule has 0 N–H and O–H groups in total. The third kappa shape index (κ3) is 5.16. The number of hydrogen-bond donors (Lipinski definition) is 0. The smallest absolute Gasteiger partial charge is 0.308 e. The van der Waals surface area contributed by atoms with Gasteiger partial charge in [0.1, 0.15) is 11.5 Å². The van der Waals surface area contributed by atoms with Crippen LogP contribution in [-0.4, -0.2) is 7.58 Å². The molecule has 0 aromatic heterocycles. The zero-order chi connectivity index (χ0) is 21.5. The number of fused-ring (bicyclic) bond motifs is 1. The van der Waals surface area contributed by atoms with Crippen LogP contribution in [-0.2, 0) is 15.6 Å². The topological polar surface area (TPSA) is 35.5 Å². The van der Waals surface area contributed by atoms with E-state index >= 15 is 0 Å². The maximum absolute atomic E-state index is 12.0. The van der Waals surface area contributed by atoms with Gasteiger partial charge in [0.2, 0.25) is 1.61 Å². The van der Waals surface area contributed by atoms with E-state index in [4.69, 9.17) is 9.47 Å². The Hall–Kier alpha value is -0.0500. The SMILES string of the molecule is CCCCCC1c2c(cc(C(C)(C)C)c(OC(C)=O)c2C(C)(C)C)OC1(I)I. The van der Waals surface area contributed by atoms with E-state index in [1.165, 1.54) is 31.7 Å². The third-order valence-electron chi connectivity index (χ3n) is 5.18. The Bertz CT molecular complexity index is 740. The van der Waals surface area contributed by atoms with Crippen LogP contribution in [0, 0.1) is 0 Å². The van der Waals surface area contributed by atoms with Crippen molar-refractivity contribution in [3.05, 3.63) is 22.8 Å². The van der Waals surface area contributed by atoms with Crippen molar-refractivity contribution in [2.75, 3.05) is 0 Å². The normalized spacial score (nSPS) is 18.6. The van der Waals surface area contributed by atoms with Crippen LogP contribution in [0.5, 0.6) is 11.5 Å². The molecule has 1 aromatic rings. The van der Waals surface area contributed by atoms with Crippen LogP contribution < -0.4 is 9.47 Å². The van der Waals surface area contributed by atoms with E-state index in [1.807, 2.05) is 0 Å². The summed E-state index contributed by atoms with van der Waals surface area (Å²) in [5, 5.41) is 0. The summed E-state index contributed by atoms with van der Waals surface area (Å²) in [7, 11) is 0. The van der Waals surface area contributed by atoms with E-state index in [2.05, 4.69) is 99.7 Å². The highest BCUT2D eigenvalue weighted by Crippen LogP contribution is 2.60. The molecule has 0 spiro atoms. The van der Waals surface area contributed by atoms with Gasteiger partial charge in [-0.25, -0.2) is 0 Å². The van der Waals surface area contributed by atoms with E-state index < -0.39 is 0 Å². The number of alkyl halides is 2. The Morgan fingerprint density at radius 1 is 1.14 bits per heavy atom. The second kappa shape index (κ2) is 8.60. The fourth-order valence-electron chi connectivity index (χ4n) is 3.93. The van der Waals surface area contributed by atoms with Crippen molar-refractivity contribution in [2.45, 2.75) is 99.4 Å². The lowest BCUT2D eigenvalue weighted by Crippen LogP contribution is -2.25. The first kappa shape index (κ1) is 24.2. The van der Waals surface area contributed by atoms with Gasteiger partial charge in [-0.2, -0.15) is 0 Å². The first-order valence-corrected chi connectivity index (χ1v) is 12.3. The van der Waals surface area contributed by atoms with Gasteiger partial charge in [-0.05, 0) is 68.5 Å². The Balaban J connectivity index is 2.81. The predicted octanol–water partition coefficient (Wildman–Crippen LogP) is 7.79. The number of ether oxygens (including phenoxy) is 2. The number of carbonyl (C=O) groups excluding carboxylic acids is 1. The van der Waals surface area contributed by atoms with Crippen LogP contribution in [0.2, 0.25) is 0 Å². The molecule has 0 saturated heterocycles. The van der Waals surface area contributed by atoms with E-state index in [0.29, 0.717) is 0 Å². The molecule has 0 saturated carbocycles. The zero-order valence-electron chi connectivity index (χ0n) is 18.5. The summed E-state index contributed by atoms with van der Waals surface area (Å²) in [6, 6.07) is 2.12. The number of unbranched alkanes of at least 4 members (excludes halogenated alkanes) is 2. The highest BCUT2D eigenvalue weighted by atomic mass is 127. The number of benzene rings is 1. The maximum atomic E-state index is 12.0. The van der Waals surface area contributed by atoms with Gasteiger partial charge in [0.05, 0.1) is 0 Å². The number of hydrogen-bond acceptors (Lipinski definition) is 3. The Labute approximate surface area is 198 Å². The van der Waals surface area contributed by atoms with Gasteiger partial charge >= 0.3 is 5.97 Å². The van der Waals surface area contributed by atoms with Crippen LogP contribution in [0.25, 0.3) is 0 Å². The molecule has 1 aromatic carbocycles. The highest BCUT2D eigenvalue weighted by molar-refractivity contribution is 14.2. The van der Waals surface area contributed by atoms with E-state index in [1.54, 1.807) is 0 Å². The summed E-state index contributed by atoms with van der Waals surface area (Å²) >= 11 is 4.89. The maximum Gasteiger partial charge on any atom is 0.308 e. The average molecular weight is 612 g/mol. The zero-order valence-corrected chi connectivity index (χ0v) is 22.8. The summed E-state index contributed by atoms with van der Waals surface area (Å²) in [4.78, 5) is 12.0. The lowest BCUT2D eigenvalue weighted by atomic mass is 9.74. The van der Waals surface area contributed by atoms with Crippen molar-refractivity contribution < 1.29 is 14.3 Å². The lowest BCUT2D eigenvalue weighted by molar-refractivity contribution is -0.132. The summed E-state index contributed by atoms with van der Waals surface area (Å²) in [5.74, 6) is 1.69. The molecule has 0 amide bonds. The molecule has 1 unspecified atom stereocenters. The molecular formula is C23H34I2O3. The summed E-state index contributed by atoms with van der Waals surface area (Å²) in [6.07, 6.45) is 4.66. The quantitative estimate of drug-likeness (QED) is 0.112. The van der Waals surface area contributed by atoms with Gasteiger partial charge in [-0.15, -0.1) is 0 Å². The highest BCUT2D eigenvalue weighted by Gasteiger charge is 2.48. The van der Waals surface area contributed by atoms with E-state index in [0.717, 1.165) is 29.0 Å². The molecule has 3 nitrogen and oxygen atoms in total. The van der Waals surface area contributed by atoms with Gasteiger partial charge in [-0.1, -0.05) is 67.7 Å². The summed E-state index contributed by atoms with van der Waals surface area (Å²) in [5.41, 5.74) is 3.06. The van der Waals surface area contributed by atoms with Crippen molar-refractivity contribution >= 4 is 51.2 Å². The van der Waals surface area contributed by atoms with Crippen LogP contribution >= 0.6 is 45.2 Å². The van der Waals surface area contributed by atoms with Gasteiger partial charge in [-0.3, -0.25) is 4.79 Å². The number of carbonyl (C=O) groups is 1. The standard InChI is InChI=1S/C23H34I2O3/c1-9-10-11-12-15-18-17(28-23(15,24)25)13-16(21(3,4)5)20(27-14(2)26)19(18)22(6,7)8/h13,15H,9-12H2,1-8H3. The van der Waals surface area contributed by atoms with Gasteiger partial charge < -0.3 is 9.47 Å². The van der Waals surface area contributed by atoms with Crippen molar-refractivity contribution in [1.29, 1.82) is 0 Å². The Morgan fingerprint density at radius 2 is 1.75 bits per heavy atom. The Kier molecular flexibility index (Phi) is 7.44. The minimum Gasteiger partial charge on any atom is -0.467 e. The third-order valence-corrected chi connectivity index (χ3v) is 7.13. The number of halogens is 2.